The number of carbonyl (C=O) groups is 4. The van der Waals surface area contributed by atoms with Gasteiger partial charge in [-0.15, -0.1) is 0 Å². The molecule has 10 nitrogen and oxygen atoms in total. The maximum Gasteiger partial charge on any atom is 0.349 e. The molecule has 2 fully saturated rings. The van der Waals surface area contributed by atoms with E-state index in [4.69, 9.17) is 5.26 Å². The number of likely N-dealkylation sites (N-methyl/N-ethyl adjacent to an activating group) is 1. The topological polar surface area (TPSA) is 135 Å². The van der Waals surface area contributed by atoms with Gasteiger partial charge in [-0.3, -0.25) is 19.2 Å². The van der Waals surface area contributed by atoms with Crippen LogP contribution in [0, 0.1) is 17.2 Å². The molecule has 0 bridgehead atoms. The van der Waals surface area contributed by atoms with E-state index in [-0.39, 0.29) is 35.6 Å². The highest BCUT2D eigenvalue weighted by Gasteiger charge is 2.44. The number of nitrogens with one attached hydrogen (secondary N) is 3. The first kappa shape index (κ1) is 35.5. The summed E-state index contributed by atoms with van der Waals surface area (Å²) in [6, 6.07) is 11.4. The number of alkyl halides is 2. The van der Waals surface area contributed by atoms with E-state index >= 15 is 8.78 Å². The van der Waals surface area contributed by atoms with Crippen molar-refractivity contribution in [3.8, 4) is 6.07 Å². The molecule has 3 N–H and O–H groups in total. The molecule has 0 radical (unpaired) electrons. The minimum Gasteiger partial charge on any atom is -0.344 e. The predicted octanol–water partition coefficient (Wildman–Crippen LogP) is 4.13. The van der Waals surface area contributed by atoms with Crippen LogP contribution in [0.15, 0.2) is 48.5 Å². The van der Waals surface area contributed by atoms with Crippen LogP contribution in [-0.4, -0.2) is 78.7 Å². The van der Waals surface area contributed by atoms with E-state index < -0.39 is 35.4 Å². The summed E-state index contributed by atoms with van der Waals surface area (Å²) < 4.78 is 30.5. The minimum absolute atomic E-state index is 0.00271. The van der Waals surface area contributed by atoms with Crippen molar-refractivity contribution < 1.29 is 28.0 Å². The summed E-state index contributed by atoms with van der Waals surface area (Å²) in [4.78, 5) is 56.3. The lowest BCUT2D eigenvalue weighted by atomic mass is 9.83. The van der Waals surface area contributed by atoms with E-state index in [0.29, 0.717) is 31.6 Å². The fraction of sp³-hybridized carbons (Fsp3) is 0.514. The Morgan fingerprint density at radius 2 is 1.64 bits per heavy atom. The van der Waals surface area contributed by atoms with Gasteiger partial charge >= 0.3 is 5.92 Å². The summed E-state index contributed by atoms with van der Waals surface area (Å²) in [5.74, 6) is -7.24. The summed E-state index contributed by atoms with van der Waals surface area (Å²) in [7, 11) is 2.00. The number of piperazine rings is 1. The van der Waals surface area contributed by atoms with Crippen molar-refractivity contribution in [2.24, 2.45) is 5.92 Å². The van der Waals surface area contributed by atoms with E-state index in [0.717, 1.165) is 50.0 Å². The molecule has 12 heteroatoms. The fourth-order valence-electron chi connectivity index (χ4n) is 6.19. The van der Waals surface area contributed by atoms with Crippen molar-refractivity contribution in [3.05, 3.63) is 65.2 Å². The molecular weight excluding hydrogens is 606 g/mol. The first-order chi connectivity index (χ1) is 22.4. The van der Waals surface area contributed by atoms with Gasteiger partial charge in [0.2, 0.25) is 17.7 Å². The summed E-state index contributed by atoms with van der Waals surface area (Å²) >= 11 is 0. The third kappa shape index (κ3) is 8.92. The average molecular weight is 651 g/mol. The van der Waals surface area contributed by atoms with Crippen molar-refractivity contribution in [2.75, 3.05) is 38.5 Å². The Morgan fingerprint density at radius 3 is 2.26 bits per heavy atom. The molecule has 4 rings (SSSR count). The molecule has 0 aromatic heterocycles. The maximum absolute atomic E-state index is 15.3. The molecule has 1 saturated heterocycles. The van der Waals surface area contributed by atoms with Gasteiger partial charge in [-0.1, -0.05) is 57.4 Å². The first-order valence-electron chi connectivity index (χ1n) is 16.3. The number of benzene rings is 2. The largest absolute Gasteiger partial charge is 0.349 e. The smallest absolute Gasteiger partial charge is 0.344 e. The molecule has 47 heavy (non-hydrogen) atoms. The van der Waals surface area contributed by atoms with E-state index in [2.05, 4.69) is 20.9 Å². The number of rotatable bonds is 11. The Kier molecular flexibility index (Phi) is 12.0. The number of nitrogens with zero attached hydrogens (tertiary/aromatic N) is 3. The molecule has 1 heterocycles. The van der Waals surface area contributed by atoms with Crippen LogP contribution in [-0.2, 0) is 25.1 Å². The van der Waals surface area contributed by atoms with Crippen LogP contribution in [0.2, 0.25) is 0 Å². The van der Waals surface area contributed by atoms with Gasteiger partial charge in [0.1, 0.15) is 12.1 Å². The van der Waals surface area contributed by atoms with E-state index in [1.807, 2.05) is 14.0 Å². The molecule has 3 atom stereocenters. The second-order valence-electron chi connectivity index (χ2n) is 12.5. The van der Waals surface area contributed by atoms with Crippen LogP contribution < -0.4 is 16.0 Å². The zero-order valence-electron chi connectivity index (χ0n) is 27.2. The summed E-state index contributed by atoms with van der Waals surface area (Å²) in [5, 5.41) is 17.1. The zero-order chi connectivity index (χ0) is 34.1. The molecule has 4 amide bonds. The average Bonchev–Trinajstić information content (AvgIpc) is 3.09. The quantitative estimate of drug-likeness (QED) is 0.335. The van der Waals surface area contributed by atoms with Crippen LogP contribution in [0.3, 0.4) is 0 Å². The molecule has 1 aliphatic heterocycles. The molecule has 1 aliphatic carbocycles. The molecule has 252 valence electrons. The highest BCUT2D eigenvalue weighted by atomic mass is 19.3. The molecule has 2 aromatic carbocycles. The van der Waals surface area contributed by atoms with Gasteiger partial charge in [-0.05, 0) is 55.6 Å². The van der Waals surface area contributed by atoms with Crippen LogP contribution in [0.4, 0.5) is 14.5 Å². The van der Waals surface area contributed by atoms with Crippen LogP contribution in [0.5, 0.6) is 0 Å². The van der Waals surface area contributed by atoms with Gasteiger partial charge in [0.05, 0.1) is 11.6 Å². The van der Waals surface area contributed by atoms with Crippen molar-refractivity contribution >= 4 is 29.3 Å². The van der Waals surface area contributed by atoms with Gasteiger partial charge in [0.15, 0.2) is 0 Å². The molecular formula is C35H44F2N6O4. The molecule has 1 saturated carbocycles. The highest BCUT2D eigenvalue weighted by Crippen LogP contribution is 2.32. The Labute approximate surface area is 274 Å². The Balaban J connectivity index is 1.49. The molecule has 2 aliphatic rings. The van der Waals surface area contributed by atoms with Crippen LogP contribution in [0.25, 0.3) is 0 Å². The minimum atomic E-state index is -3.96. The van der Waals surface area contributed by atoms with Crippen molar-refractivity contribution in [1.29, 1.82) is 5.26 Å². The third-order valence-electron chi connectivity index (χ3n) is 9.25. The number of hydrogen-bond donors (Lipinski definition) is 3. The van der Waals surface area contributed by atoms with E-state index in [9.17, 15) is 19.2 Å². The maximum atomic E-state index is 15.3. The van der Waals surface area contributed by atoms with E-state index in [1.54, 1.807) is 42.2 Å². The first-order valence-corrected chi connectivity index (χ1v) is 16.3. The normalized spacial score (nSPS) is 17.9. The third-order valence-corrected chi connectivity index (χ3v) is 9.25. The summed E-state index contributed by atoms with van der Waals surface area (Å²) in [6.45, 7) is 6.23. The Bertz CT molecular complexity index is 1460. The lowest BCUT2D eigenvalue weighted by Crippen LogP contribution is -2.55. The number of amides is 4. The second-order valence-corrected chi connectivity index (χ2v) is 12.5. The SMILES string of the molecule is CCC(=O)N[C@@H](C(=O)N1CCN(C)CC1)[C@@H](C)c1ccc(NC(=O)[C@@H](NC(=O)C(F)(F)c2cccc(C#N)c2)C2CCCCC2)cc1. The Hall–Kier alpha value is -4.37. The van der Waals surface area contributed by atoms with Crippen molar-refractivity contribution in [2.45, 2.75) is 76.3 Å². The fourth-order valence-corrected chi connectivity index (χ4v) is 6.19. The van der Waals surface area contributed by atoms with E-state index in [1.165, 1.54) is 12.1 Å². The molecule has 2 aromatic rings. The zero-order valence-corrected chi connectivity index (χ0v) is 27.2. The standard InChI is InChI=1S/C35H44F2N6O4/c1-4-29(44)40-30(33(46)43-19-17-42(3)18-20-43)23(2)25-13-15-28(16-14-25)39-32(45)31(26-10-6-5-7-11-26)41-34(47)35(36,37)27-12-8-9-24(21-27)22-38/h8-9,12-16,21,23,26,30-31H,4-7,10-11,17-20H2,1-3H3,(H,39,45)(H,40,44)(H,41,47)/t23-,30+,31-/m0/s1. The monoisotopic (exact) mass is 650 g/mol. The van der Waals surface area contributed by atoms with Crippen molar-refractivity contribution in [1.82, 2.24) is 20.4 Å². The predicted molar refractivity (Wildman–Crippen MR) is 173 cm³/mol. The molecule has 0 unspecified atom stereocenters. The molecule has 0 spiro atoms. The van der Waals surface area contributed by atoms with Crippen LogP contribution >= 0.6 is 0 Å². The second kappa shape index (κ2) is 16.0. The highest BCUT2D eigenvalue weighted by molar-refractivity contribution is 5.98. The summed E-state index contributed by atoms with van der Waals surface area (Å²) in [5.41, 5.74) is 0.537. The number of halogens is 2. The number of carbonyl (C=O) groups excluding carboxylic acids is 4. The van der Waals surface area contributed by atoms with Gasteiger partial charge in [-0.2, -0.15) is 14.0 Å². The van der Waals surface area contributed by atoms with Gasteiger partial charge in [-0.25, -0.2) is 0 Å². The lowest BCUT2D eigenvalue weighted by Gasteiger charge is -2.36. The number of anilines is 1. The lowest BCUT2D eigenvalue weighted by molar-refractivity contribution is -0.149. The summed E-state index contributed by atoms with van der Waals surface area (Å²) in [6.07, 6.45) is 4.06. The van der Waals surface area contributed by atoms with Crippen LogP contribution in [0.1, 0.15) is 75.0 Å². The van der Waals surface area contributed by atoms with Gasteiger partial charge in [0.25, 0.3) is 5.91 Å². The number of nitriles is 1. The Morgan fingerprint density at radius 1 is 0.979 bits per heavy atom. The number of hydrogen-bond acceptors (Lipinski definition) is 6. The van der Waals surface area contributed by atoms with Gasteiger partial charge < -0.3 is 25.8 Å². The van der Waals surface area contributed by atoms with Gasteiger partial charge in [0, 0.05) is 49.8 Å². The van der Waals surface area contributed by atoms with Crippen molar-refractivity contribution in [3.63, 3.8) is 0 Å².